The van der Waals surface area contributed by atoms with E-state index in [1.54, 1.807) is 0 Å². The third-order valence-corrected chi connectivity index (χ3v) is 12.1. The Kier molecular flexibility index (Phi) is 8.46. The molecule has 9 aromatic carbocycles. The lowest BCUT2D eigenvalue weighted by Crippen LogP contribution is -2.02. The van der Waals surface area contributed by atoms with Gasteiger partial charge in [-0.2, -0.15) is 0 Å². The third kappa shape index (κ3) is 5.92. The van der Waals surface area contributed by atoms with Crippen LogP contribution < -0.4 is 0 Å². The number of hydrogen-bond acceptors (Lipinski definition) is 2. The third-order valence-electron chi connectivity index (χ3n) is 12.1. The SMILES string of the molecule is c1ccc(-c2cccc(-c3cc(-c4ccccc4)nc(-c4ccccc4-n4c5ccccc5c5ccc6c(c7ccccc7n6-c6cccc(-c7ccccc7)c6)c54)n3)c2)cc1. The van der Waals surface area contributed by atoms with Gasteiger partial charge in [0.1, 0.15) is 0 Å². The number of nitrogens with zero attached hydrogens (tertiary/aromatic N) is 4. The van der Waals surface area contributed by atoms with Crippen LogP contribution in [0.2, 0.25) is 0 Å². The fourth-order valence-corrected chi connectivity index (χ4v) is 9.31. The fraction of sp³-hybridized carbons (Fsp3) is 0. The maximum atomic E-state index is 5.43. The van der Waals surface area contributed by atoms with Crippen molar-refractivity contribution in [1.82, 2.24) is 19.1 Å². The van der Waals surface area contributed by atoms with Gasteiger partial charge in [-0.25, -0.2) is 9.97 Å². The molecule has 12 rings (SSSR count). The van der Waals surface area contributed by atoms with Crippen molar-refractivity contribution in [3.8, 4) is 67.5 Å². The minimum absolute atomic E-state index is 0.667. The van der Waals surface area contributed by atoms with Gasteiger partial charge in [-0.1, -0.05) is 176 Å². The molecule has 0 atom stereocenters. The van der Waals surface area contributed by atoms with Gasteiger partial charge in [-0.15, -0.1) is 0 Å². The van der Waals surface area contributed by atoms with Gasteiger partial charge >= 0.3 is 0 Å². The zero-order valence-corrected chi connectivity index (χ0v) is 33.7. The zero-order valence-electron chi connectivity index (χ0n) is 33.7. The highest BCUT2D eigenvalue weighted by Gasteiger charge is 2.23. The average Bonchev–Trinajstić information content (AvgIpc) is 3.88. The van der Waals surface area contributed by atoms with Gasteiger partial charge in [0.05, 0.1) is 39.1 Å². The van der Waals surface area contributed by atoms with E-state index in [9.17, 15) is 0 Å². The summed E-state index contributed by atoms with van der Waals surface area (Å²) in [4.78, 5) is 10.8. The Morgan fingerprint density at radius 1 is 0.306 bits per heavy atom. The molecule has 0 aliphatic heterocycles. The lowest BCUT2D eigenvalue weighted by molar-refractivity contribution is 1.14. The Balaban J connectivity index is 1.12. The number of para-hydroxylation sites is 3. The first-order chi connectivity index (χ1) is 30.8. The Morgan fingerprint density at radius 3 is 1.56 bits per heavy atom. The zero-order chi connectivity index (χ0) is 41.0. The summed E-state index contributed by atoms with van der Waals surface area (Å²) in [5.41, 5.74) is 16.2. The van der Waals surface area contributed by atoms with Crippen LogP contribution in [0.4, 0.5) is 0 Å². The quantitative estimate of drug-likeness (QED) is 0.161. The van der Waals surface area contributed by atoms with Gasteiger partial charge in [0.15, 0.2) is 5.82 Å². The van der Waals surface area contributed by atoms with Crippen molar-refractivity contribution in [3.63, 3.8) is 0 Å². The van der Waals surface area contributed by atoms with Crippen molar-refractivity contribution in [2.24, 2.45) is 0 Å². The van der Waals surface area contributed by atoms with E-state index in [1.165, 1.54) is 38.2 Å². The second kappa shape index (κ2) is 14.7. The molecule has 62 heavy (non-hydrogen) atoms. The number of fused-ring (bicyclic) bond motifs is 7. The van der Waals surface area contributed by atoms with Crippen LogP contribution in [0.5, 0.6) is 0 Å². The van der Waals surface area contributed by atoms with Gasteiger partial charge in [0.25, 0.3) is 0 Å². The molecule has 0 fully saturated rings. The molecule has 0 N–H and O–H groups in total. The first-order valence-electron chi connectivity index (χ1n) is 21.1. The normalized spacial score (nSPS) is 11.5. The molecule has 0 aliphatic rings. The van der Waals surface area contributed by atoms with Crippen molar-refractivity contribution in [2.75, 3.05) is 0 Å². The van der Waals surface area contributed by atoms with Crippen LogP contribution in [0.15, 0.2) is 231 Å². The van der Waals surface area contributed by atoms with E-state index in [4.69, 9.17) is 9.97 Å². The van der Waals surface area contributed by atoms with Crippen molar-refractivity contribution in [1.29, 1.82) is 0 Å². The minimum Gasteiger partial charge on any atom is -0.309 e. The fourth-order valence-electron chi connectivity index (χ4n) is 9.31. The van der Waals surface area contributed by atoms with Gasteiger partial charge in [-0.05, 0) is 76.9 Å². The molecular weight excluding hydrogens is 753 g/mol. The lowest BCUT2D eigenvalue weighted by atomic mass is 10.0. The monoisotopic (exact) mass is 790 g/mol. The molecule has 0 saturated carbocycles. The van der Waals surface area contributed by atoms with Crippen molar-refractivity contribution in [3.05, 3.63) is 231 Å². The Morgan fingerprint density at radius 2 is 0.839 bits per heavy atom. The minimum atomic E-state index is 0.667. The highest BCUT2D eigenvalue weighted by molar-refractivity contribution is 6.26. The first kappa shape index (κ1) is 35.6. The number of benzene rings is 9. The van der Waals surface area contributed by atoms with Crippen molar-refractivity contribution < 1.29 is 0 Å². The van der Waals surface area contributed by atoms with Crippen LogP contribution in [0, 0.1) is 0 Å². The van der Waals surface area contributed by atoms with E-state index in [2.05, 4.69) is 234 Å². The largest absolute Gasteiger partial charge is 0.309 e. The predicted molar refractivity (Wildman–Crippen MR) is 258 cm³/mol. The maximum Gasteiger partial charge on any atom is 0.162 e. The van der Waals surface area contributed by atoms with Crippen LogP contribution in [0.25, 0.3) is 111 Å². The summed E-state index contributed by atoms with van der Waals surface area (Å²) < 4.78 is 4.88. The summed E-state index contributed by atoms with van der Waals surface area (Å²) in [6, 6.07) is 82.0. The summed E-state index contributed by atoms with van der Waals surface area (Å²) in [5.74, 6) is 0.667. The summed E-state index contributed by atoms with van der Waals surface area (Å²) in [5, 5.41) is 4.79. The molecule has 290 valence electrons. The average molecular weight is 791 g/mol. The molecular formula is C58H38N4. The molecule has 0 spiro atoms. The van der Waals surface area contributed by atoms with Gasteiger partial charge < -0.3 is 9.13 Å². The molecule has 12 aromatic rings. The van der Waals surface area contributed by atoms with E-state index < -0.39 is 0 Å². The first-order valence-corrected chi connectivity index (χ1v) is 21.1. The summed E-state index contributed by atoms with van der Waals surface area (Å²) in [7, 11) is 0. The maximum absolute atomic E-state index is 5.43. The number of aromatic nitrogens is 4. The smallest absolute Gasteiger partial charge is 0.162 e. The summed E-state index contributed by atoms with van der Waals surface area (Å²) >= 11 is 0. The lowest BCUT2D eigenvalue weighted by Gasteiger charge is -2.16. The standard InChI is InChI=1S/C58H38N4/c1-4-18-39(19-5-1)42-24-16-26-44(36-42)51-38-50(41-22-8-3-9-23-41)59-58(60-51)49-30-12-15-33-54(49)62-52-31-13-10-28-46(52)47-34-35-55-56(57(47)62)48-29-11-14-32-53(48)61(55)45-27-17-25-43(37-45)40-20-6-2-7-21-40/h1-38H. The highest BCUT2D eigenvalue weighted by Crippen LogP contribution is 2.44. The second-order valence-electron chi connectivity index (χ2n) is 15.8. The molecule has 0 aliphatic carbocycles. The molecule has 0 bridgehead atoms. The summed E-state index contributed by atoms with van der Waals surface area (Å²) in [6.07, 6.45) is 0. The van der Waals surface area contributed by atoms with Gasteiger partial charge in [-0.3, -0.25) is 0 Å². The van der Waals surface area contributed by atoms with Gasteiger partial charge in [0, 0.05) is 43.9 Å². The number of hydrogen-bond donors (Lipinski definition) is 0. The second-order valence-corrected chi connectivity index (χ2v) is 15.8. The van der Waals surface area contributed by atoms with E-state index in [-0.39, 0.29) is 0 Å². The van der Waals surface area contributed by atoms with Crippen LogP contribution in [0.1, 0.15) is 0 Å². The molecule has 4 nitrogen and oxygen atoms in total. The van der Waals surface area contributed by atoms with E-state index in [0.29, 0.717) is 5.82 Å². The van der Waals surface area contributed by atoms with Crippen LogP contribution >= 0.6 is 0 Å². The Labute approximate surface area is 359 Å². The van der Waals surface area contributed by atoms with Crippen LogP contribution in [-0.2, 0) is 0 Å². The molecule has 3 heterocycles. The Bertz CT molecular complexity index is 3620. The molecule has 0 saturated heterocycles. The number of rotatable bonds is 7. The van der Waals surface area contributed by atoms with E-state index in [1.807, 2.05) is 6.07 Å². The molecule has 3 aromatic heterocycles. The van der Waals surface area contributed by atoms with Crippen LogP contribution in [-0.4, -0.2) is 19.1 Å². The van der Waals surface area contributed by atoms with Crippen LogP contribution in [0.3, 0.4) is 0 Å². The van der Waals surface area contributed by atoms with Crippen molar-refractivity contribution in [2.45, 2.75) is 0 Å². The Hall–Kier alpha value is -8.34. The highest BCUT2D eigenvalue weighted by atomic mass is 15.0. The topological polar surface area (TPSA) is 35.6 Å². The van der Waals surface area contributed by atoms with Crippen molar-refractivity contribution >= 4 is 43.6 Å². The van der Waals surface area contributed by atoms with E-state index in [0.717, 1.165) is 67.1 Å². The predicted octanol–water partition coefficient (Wildman–Crippen LogP) is 15.0. The van der Waals surface area contributed by atoms with Gasteiger partial charge in [0.2, 0.25) is 0 Å². The molecule has 0 amide bonds. The molecule has 4 heteroatoms. The van der Waals surface area contributed by atoms with E-state index >= 15 is 0 Å². The summed E-state index contributed by atoms with van der Waals surface area (Å²) in [6.45, 7) is 0. The molecule has 0 unspecified atom stereocenters. The molecule has 0 radical (unpaired) electrons.